The first-order chi connectivity index (χ1) is 13.6. The molecule has 0 saturated carbocycles. The standard InChI is InChI=1S/C18H15ClFN3O5S/c1-23(25)16(24)9-15-22-17(10-6-7-13(20)12(19)8-10)18(28-15)11-4-2-3-5-14(11)29(21,26)27/h2-8,25H,9H2,1H3,(H2,21,26,27). The van der Waals surface area contributed by atoms with E-state index < -0.39 is 28.2 Å². The monoisotopic (exact) mass is 439 g/mol. The topological polar surface area (TPSA) is 127 Å². The third kappa shape index (κ3) is 4.46. The fourth-order valence-electron chi connectivity index (χ4n) is 2.61. The third-order valence-electron chi connectivity index (χ3n) is 3.97. The highest BCUT2D eigenvalue weighted by Gasteiger charge is 2.24. The number of oxazole rings is 1. The van der Waals surface area contributed by atoms with Crippen molar-refractivity contribution in [2.24, 2.45) is 5.14 Å². The number of hydroxylamine groups is 2. The molecule has 1 heterocycles. The number of primary sulfonamides is 1. The molecule has 0 radical (unpaired) electrons. The largest absolute Gasteiger partial charge is 0.439 e. The molecule has 3 aromatic rings. The van der Waals surface area contributed by atoms with E-state index in [1.54, 1.807) is 6.07 Å². The lowest BCUT2D eigenvalue weighted by Gasteiger charge is -2.07. The maximum Gasteiger partial charge on any atom is 0.254 e. The fraction of sp³-hybridized carbons (Fsp3) is 0.111. The number of benzene rings is 2. The highest BCUT2D eigenvalue weighted by atomic mass is 35.5. The molecule has 1 aromatic heterocycles. The van der Waals surface area contributed by atoms with Crippen molar-refractivity contribution in [3.05, 3.63) is 59.2 Å². The van der Waals surface area contributed by atoms with Crippen LogP contribution >= 0.6 is 11.6 Å². The molecule has 3 rings (SSSR count). The summed E-state index contributed by atoms with van der Waals surface area (Å²) in [5, 5.41) is 14.8. The summed E-state index contributed by atoms with van der Waals surface area (Å²) in [5.41, 5.74) is 0.566. The molecule has 8 nitrogen and oxygen atoms in total. The van der Waals surface area contributed by atoms with Crippen molar-refractivity contribution >= 4 is 27.5 Å². The number of hydrogen-bond acceptors (Lipinski definition) is 6. The van der Waals surface area contributed by atoms with Crippen LogP contribution in [0, 0.1) is 5.82 Å². The molecule has 11 heteroatoms. The molecule has 0 aliphatic carbocycles. The Hall–Kier alpha value is -2.79. The van der Waals surface area contributed by atoms with Gasteiger partial charge >= 0.3 is 0 Å². The van der Waals surface area contributed by atoms with E-state index in [-0.39, 0.29) is 32.8 Å². The molecule has 0 aliphatic rings. The normalized spacial score (nSPS) is 11.5. The third-order valence-corrected chi connectivity index (χ3v) is 5.22. The SMILES string of the molecule is CN(O)C(=O)Cc1nc(-c2ccc(F)c(Cl)c2)c(-c2ccccc2S(N)(=O)=O)o1. The minimum absolute atomic E-state index is 0.000641. The van der Waals surface area contributed by atoms with Crippen molar-refractivity contribution in [1.29, 1.82) is 0 Å². The molecule has 29 heavy (non-hydrogen) atoms. The number of amides is 1. The summed E-state index contributed by atoms with van der Waals surface area (Å²) in [5.74, 6) is -1.45. The van der Waals surface area contributed by atoms with Crippen LogP contribution in [-0.4, -0.2) is 36.6 Å². The minimum atomic E-state index is -4.11. The van der Waals surface area contributed by atoms with Crippen molar-refractivity contribution < 1.29 is 27.2 Å². The summed E-state index contributed by atoms with van der Waals surface area (Å²) in [6.45, 7) is 0. The van der Waals surface area contributed by atoms with Crippen LogP contribution in [0.2, 0.25) is 5.02 Å². The molecule has 0 saturated heterocycles. The highest BCUT2D eigenvalue weighted by Crippen LogP contribution is 2.37. The number of aromatic nitrogens is 1. The van der Waals surface area contributed by atoms with E-state index in [9.17, 15) is 22.8 Å². The van der Waals surface area contributed by atoms with Crippen molar-refractivity contribution in [3.63, 3.8) is 0 Å². The second kappa shape index (κ2) is 7.91. The Morgan fingerprint density at radius 3 is 2.62 bits per heavy atom. The van der Waals surface area contributed by atoms with Gasteiger partial charge in [0, 0.05) is 18.2 Å². The quantitative estimate of drug-likeness (QED) is 0.465. The summed E-state index contributed by atoms with van der Waals surface area (Å²) in [6.07, 6.45) is -0.396. The predicted octanol–water partition coefficient (Wildman–Crippen LogP) is 2.84. The van der Waals surface area contributed by atoms with Crippen LogP contribution < -0.4 is 5.14 Å². The molecule has 152 valence electrons. The smallest absolute Gasteiger partial charge is 0.254 e. The number of likely N-dealkylation sites (N-methyl/N-ethyl adjacent to an activating group) is 1. The molecule has 0 atom stereocenters. The number of sulfonamides is 1. The summed E-state index contributed by atoms with van der Waals surface area (Å²) >= 11 is 5.86. The Labute approximate surface area is 170 Å². The second-order valence-electron chi connectivity index (χ2n) is 6.05. The minimum Gasteiger partial charge on any atom is -0.439 e. The molecule has 0 spiro atoms. The maximum absolute atomic E-state index is 13.6. The fourth-order valence-corrected chi connectivity index (χ4v) is 3.52. The van der Waals surface area contributed by atoms with Gasteiger partial charge in [-0.2, -0.15) is 0 Å². The van der Waals surface area contributed by atoms with Gasteiger partial charge < -0.3 is 4.42 Å². The zero-order valence-electron chi connectivity index (χ0n) is 15.0. The average Bonchev–Trinajstić information content (AvgIpc) is 3.07. The molecule has 0 aliphatic heterocycles. The van der Waals surface area contributed by atoms with Gasteiger partial charge in [0.15, 0.2) is 5.76 Å². The van der Waals surface area contributed by atoms with Gasteiger partial charge in [0.2, 0.25) is 15.9 Å². The zero-order valence-corrected chi connectivity index (χ0v) is 16.5. The number of nitrogens with zero attached hydrogens (tertiary/aromatic N) is 2. The van der Waals surface area contributed by atoms with Gasteiger partial charge in [-0.15, -0.1) is 0 Å². The Kier molecular flexibility index (Phi) is 5.71. The van der Waals surface area contributed by atoms with Gasteiger partial charge in [-0.1, -0.05) is 23.7 Å². The first-order valence-corrected chi connectivity index (χ1v) is 10.0. The van der Waals surface area contributed by atoms with E-state index in [0.717, 1.165) is 13.1 Å². The van der Waals surface area contributed by atoms with E-state index in [4.69, 9.17) is 21.2 Å². The van der Waals surface area contributed by atoms with Crippen molar-refractivity contribution in [3.8, 4) is 22.6 Å². The molecule has 0 unspecified atom stereocenters. The zero-order chi connectivity index (χ0) is 21.3. The van der Waals surface area contributed by atoms with Gasteiger partial charge in [-0.3, -0.25) is 10.0 Å². The van der Waals surface area contributed by atoms with Crippen molar-refractivity contribution in [2.45, 2.75) is 11.3 Å². The number of rotatable bonds is 5. The van der Waals surface area contributed by atoms with Gasteiger partial charge in [-0.05, 0) is 30.3 Å². The lowest BCUT2D eigenvalue weighted by atomic mass is 10.1. The van der Waals surface area contributed by atoms with Crippen LogP contribution in [0.3, 0.4) is 0 Å². The summed E-state index contributed by atoms with van der Waals surface area (Å²) < 4.78 is 43.2. The molecule has 3 N–H and O–H groups in total. The Balaban J connectivity index is 2.24. The second-order valence-corrected chi connectivity index (χ2v) is 7.99. The summed E-state index contributed by atoms with van der Waals surface area (Å²) in [4.78, 5) is 15.8. The lowest BCUT2D eigenvalue weighted by molar-refractivity contribution is -0.158. The van der Waals surface area contributed by atoms with Gasteiger partial charge in [0.1, 0.15) is 17.9 Å². The first-order valence-electron chi connectivity index (χ1n) is 8.10. The lowest BCUT2D eigenvalue weighted by Crippen LogP contribution is -2.24. The van der Waals surface area contributed by atoms with Crippen molar-refractivity contribution in [1.82, 2.24) is 10.0 Å². The van der Waals surface area contributed by atoms with Gasteiger partial charge in [0.25, 0.3) is 5.91 Å². The van der Waals surface area contributed by atoms with Crippen LogP contribution in [0.25, 0.3) is 22.6 Å². The number of carbonyl (C=O) groups is 1. The van der Waals surface area contributed by atoms with Gasteiger partial charge in [-0.25, -0.2) is 28.0 Å². The summed E-state index contributed by atoms with van der Waals surface area (Å²) in [7, 11) is -2.97. The van der Waals surface area contributed by atoms with Crippen LogP contribution in [0.4, 0.5) is 4.39 Å². The number of nitrogens with two attached hydrogens (primary N) is 1. The summed E-state index contributed by atoms with van der Waals surface area (Å²) in [6, 6.07) is 9.60. The molecular weight excluding hydrogens is 425 g/mol. The number of halogens is 2. The Morgan fingerprint density at radius 1 is 1.31 bits per heavy atom. The van der Waals surface area contributed by atoms with Crippen molar-refractivity contribution in [2.75, 3.05) is 7.05 Å². The van der Waals surface area contributed by atoms with E-state index >= 15 is 0 Å². The maximum atomic E-state index is 13.6. The first kappa shape index (κ1) is 20.9. The highest BCUT2D eigenvalue weighted by molar-refractivity contribution is 7.89. The van der Waals surface area contributed by atoms with Crippen LogP contribution in [0.5, 0.6) is 0 Å². The average molecular weight is 440 g/mol. The molecular formula is C18H15ClFN3O5S. The van der Waals surface area contributed by atoms with Gasteiger partial charge in [0.05, 0.1) is 9.92 Å². The Bertz CT molecular complexity index is 1190. The molecule has 1 amide bonds. The number of carbonyl (C=O) groups excluding carboxylic acids is 1. The predicted molar refractivity (Wildman–Crippen MR) is 102 cm³/mol. The van der Waals surface area contributed by atoms with Crippen LogP contribution in [0.15, 0.2) is 51.8 Å². The van der Waals surface area contributed by atoms with E-state index in [1.807, 2.05) is 0 Å². The number of hydrogen-bond donors (Lipinski definition) is 2. The molecule has 0 fully saturated rings. The van der Waals surface area contributed by atoms with E-state index in [2.05, 4.69) is 4.98 Å². The molecule has 2 aromatic carbocycles. The van der Waals surface area contributed by atoms with Crippen LogP contribution in [0.1, 0.15) is 5.89 Å². The van der Waals surface area contributed by atoms with E-state index in [1.165, 1.54) is 30.3 Å². The Morgan fingerprint density at radius 2 is 2.00 bits per heavy atom. The molecule has 0 bridgehead atoms. The van der Waals surface area contributed by atoms with E-state index in [0.29, 0.717) is 10.6 Å². The van der Waals surface area contributed by atoms with Crippen LogP contribution in [-0.2, 0) is 21.2 Å².